The first-order valence-corrected chi connectivity index (χ1v) is 9.43. The number of rotatable bonds is 3. The second kappa shape index (κ2) is 6.16. The molecule has 0 bridgehead atoms. The zero-order valence-electron chi connectivity index (χ0n) is 15.1. The Morgan fingerprint density at radius 2 is 1.67 bits per heavy atom. The molecule has 4 aromatic rings. The molecular weight excluding hydrogens is 332 g/mol. The Morgan fingerprint density at radius 3 is 2.33 bits per heavy atom. The van der Waals surface area contributed by atoms with E-state index in [4.69, 9.17) is 11.5 Å². The number of anilines is 2. The van der Waals surface area contributed by atoms with Gasteiger partial charge in [0.15, 0.2) is 0 Å². The molecule has 4 nitrogen and oxygen atoms in total. The van der Waals surface area contributed by atoms with Crippen LogP contribution in [0.5, 0.6) is 0 Å². The first-order chi connectivity index (χ1) is 13.2. The van der Waals surface area contributed by atoms with Crippen LogP contribution in [0.2, 0.25) is 0 Å². The van der Waals surface area contributed by atoms with Crippen molar-refractivity contribution in [3.63, 3.8) is 0 Å². The van der Waals surface area contributed by atoms with Crippen LogP contribution in [0, 0.1) is 0 Å². The molecule has 1 aliphatic rings. The molecule has 0 aliphatic heterocycles. The van der Waals surface area contributed by atoms with Gasteiger partial charge >= 0.3 is 0 Å². The predicted octanol–water partition coefficient (Wildman–Crippen LogP) is 5.26. The van der Waals surface area contributed by atoms with Gasteiger partial charge < -0.3 is 16.0 Å². The van der Waals surface area contributed by atoms with Crippen LogP contribution in [-0.4, -0.2) is 9.55 Å². The van der Waals surface area contributed by atoms with Crippen LogP contribution in [0.3, 0.4) is 0 Å². The lowest BCUT2D eigenvalue weighted by Gasteiger charge is -2.30. The minimum absolute atomic E-state index is 0.497. The summed E-state index contributed by atoms with van der Waals surface area (Å²) in [7, 11) is 0. The van der Waals surface area contributed by atoms with Crippen LogP contribution in [0.4, 0.5) is 11.4 Å². The second-order valence-electron chi connectivity index (χ2n) is 7.29. The van der Waals surface area contributed by atoms with Gasteiger partial charge in [-0.2, -0.15) is 0 Å². The predicted molar refractivity (Wildman–Crippen MR) is 112 cm³/mol. The third-order valence-corrected chi connectivity index (χ3v) is 5.63. The summed E-state index contributed by atoms with van der Waals surface area (Å²) in [5.41, 5.74) is 19.6. The molecule has 4 heteroatoms. The largest absolute Gasteiger partial charge is 0.399 e. The number of benzene rings is 2. The SMILES string of the molecule is Nc1ccc(-c2c(N)c3ccc(-c4ccccn4)cc3n2C2CCC2)cc1. The van der Waals surface area contributed by atoms with Gasteiger partial charge in [-0.3, -0.25) is 4.98 Å². The van der Waals surface area contributed by atoms with Crippen LogP contribution in [0.1, 0.15) is 25.3 Å². The lowest BCUT2D eigenvalue weighted by Crippen LogP contribution is -2.17. The van der Waals surface area contributed by atoms with Gasteiger partial charge in [0, 0.05) is 34.4 Å². The van der Waals surface area contributed by atoms with Gasteiger partial charge in [0.2, 0.25) is 0 Å². The Labute approximate surface area is 158 Å². The molecular formula is C23H22N4. The summed E-state index contributed by atoms with van der Waals surface area (Å²) in [6, 6.07) is 21.0. The second-order valence-corrected chi connectivity index (χ2v) is 7.29. The standard InChI is InChI=1S/C23H22N4/c24-17-10-7-15(8-11-17)23-22(25)19-12-9-16(20-6-1-2-13-26-20)14-21(19)27(23)18-4-3-5-18/h1-2,6-14,18H,3-5,24-25H2. The number of nitrogens with two attached hydrogens (primary N) is 2. The van der Waals surface area contributed by atoms with E-state index < -0.39 is 0 Å². The van der Waals surface area contributed by atoms with Crippen molar-refractivity contribution < 1.29 is 0 Å². The molecule has 0 radical (unpaired) electrons. The first-order valence-electron chi connectivity index (χ1n) is 9.43. The maximum atomic E-state index is 6.65. The summed E-state index contributed by atoms with van der Waals surface area (Å²) >= 11 is 0. The van der Waals surface area contributed by atoms with Crippen molar-refractivity contribution in [3.8, 4) is 22.5 Å². The zero-order chi connectivity index (χ0) is 18.4. The average Bonchev–Trinajstić information content (AvgIpc) is 2.94. The molecule has 2 aromatic carbocycles. The number of aromatic nitrogens is 2. The number of fused-ring (bicyclic) bond motifs is 1. The normalized spacial score (nSPS) is 14.4. The molecule has 0 saturated heterocycles. The van der Waals surface area contributed by atoms with Gasteiger partial charge in [-0.05, 0) is 49.6 Å². The quantitative estimate of drug-likeness (QED) is 0.493. The smallest absolute Gasteiger partial charge is 0.0727 e. The summed E-state index contributed by atoms with van der Waals surface area (Å²) < 4.78 is 2.44. The number of nitrogen functional groups attached to an aromatic ring is 2. The van der Waals surface area contributed by atoms with E-state index in [1.165, 1.54) is 24.8 Å². The van der Waals surface area contributed by atoms with E-state index in [2.05, 4.69) is 39.9 Å². The van der Waals surface area contributed by atoms with E-state index in [0.717, 1.165) is 39.3 Å². The molecule has 1 saturated carbocycles. The molecule has 0 atom stereocenters. The van der Waals surface area contributed by atoms with Crippen LogP contribution in [-0.2, 0) is 0 Å². The Morgan fingerprint density at radius 1 is 0.889 bits per heavy atom. The van der Waals surface area contributed by atoms with E-state index in [9.17, 15) is 0 Å². The van der Waals surface area contributed by atoms with Crippen LogP contribution >= 0.6 is 0 Å². The highest BCUT2D eigenvalue weighted by Gasteiger charge is 2.27. The Hall–Kier alpha value is -3.27. The van der Waals surface area contributed by atoms with Crippen LogP contribution in [0.25, 0.3) is 33.4 Å². The highest BCUT2D eigenvalue weighted by molar-refractivity contribution is 6.02. The van der Waals surface area contributed by atoms with Gasteiger partial charge in [-0.25, -0.2) is 0 Å². The highest BCUT2D eigenvalue weighted by Crippen LogP contribution is 2.44. The minimum Gasteiger partial charge on any atom is -0.399 e. The summed E-state index contributed by atoms with van der Waals surface area (Å²) in [6.07, 6.45) is 5.49. The topological polar surface area (TPSA) is 69.9 Å². The molecule has 1 fully saturated rings. The van der Waals surface area contributed by atoms with Gasteiger partial charge in [-0.1, -0.05) is 30.3 Å². The molecule has 0 unspecified atom stereocenters. The fourth-order valence-electron chi connectivity index (χ4n) is 3.99. The average molecular weight is 354 g/mol. The van der Waals surface area contributed by atoms with E-state index in [0.29, 0.717) is 6.04 Å². The van der Waals surface area contributed by atoms with E-state index in [-0.39, 0.29) is 0 Å². The monoisotopic (exact) mass is 354 g/mol. The maximum Gasteiger partial charge on any atom is 0.0727 e. The summed E-state index contributed by atoms with van der Waals surface area (Å²) in [5.74, 6) is 0. The minimum atomic E-state index is 0.497. The van der Waals surface area contributed by atoms with Gasteiger partial charge in [0.25, 0.3) is 0 Å². The Kier molecular flexibility index (Phi) is 3.64. The van der Waals surface area contributed by atoms with Crippen molar-refractivity contribution in [1.82, 2.24) is 9.55 Å². The van der Waals surface area contributed by atoms with Crippen molar-refractivity contribution in [1.29, 1.82) is 0 Å². The van der Waals surface area contributed by atoms with Crippen molar-refractivity contribution >= 4 is 22.3 Å². The van der Waals surface area contributed by atoms with Gasteiger partial charge in [-0.15, -0.1) is 0 Å². The van der Waals surface area contributed by atoms with E-state index in [1.54, 1.807) is 0 Å². The molecule has 4 N–H and O–H groups in total. The lowest BCUT2D eigenvalue weighted by atomic mass is 9.92. The third-order valence-electron chi connectivity index (χ3n) is 5.63. The first kappa shape index (κ1) is 15.9. The van der Waals surface area contributed by atoms with Crippen molar-refractivity contribution in [2.24, 2.45) is 0 Å². The Bertz CT molecular complexity index is 1110. The maximum absolute atomic E-state index is 6.65. The van der Waals surface area contributed by atoms with Crippen molar-refractivity contribution in [2.75, 3.05) is 11.5 Å². The number of hydrogen-bond acceptors (Lipinski definition) is 3. The van der Waals surface area contributed by atoms with Crippen LogP contribution in [0.15, 0.2) is 66.9 Å². The van der Waals surface area contributed by atoms with Gasteiger partial charge in [0.05, 0.1) is 22.6 Å². The zero-order valence-corrected chi connectivity index (χ0v) is 15.1. The van der Waals surface area contributed by atoms with E-state index in [1.807, 2.05) is 36.5 Å². The highest BCUT2D eigenvalue weighted by atomic mass is 15.1. The van der Waals surface area contributed by atoms with Crippen molar-refractivity contribution in [3.05, 3.63) is 66.9 Å². The number of pyridine rings is 1. The summed E-state index contributed by atoms with van der Waals surface area (Å²) in [4.78, 5) is 4.51. The Balaban J connectivity index is 1.77. The fourth-order valence-corrected chi connectivity index (χ4v) is 3.99. The molecule has 0 amide bonds. The summed E-state index contributed by atoms with van der Waals surface area (Å²) in [5, 5.41) is 1.11. The van der Waals surface area contributed by atoms with Crippen LogP contribution < -0.4 is 11.5 Å². The summed E-state index contributed by atoms with van der Waals surface area (Å²) in [6.45, 7) is 0. The molecule has 2 aromatic heterocycles. The molecule has 134 valence electrons. The lowest BCUT2D eigenvalue weighted by molar-refractivity contribution is 0.324. The molecule has 1 aliphatic carbocycles. The fraction of sp³-hybridized carbons (Fsp3) is 0.174. The molecule has 5 rings (SSSR count). The molecule has 27 heavy (non-hydrogen) atoms. The van der Waals surface area contributed by atoms with Crippen molar-refractivity contribution in [2.45, 2.75) is 25.3 Å². The van der Waals surface area contributed by atoms with E-state index >= 15 is 0 Å². The molecule has 0 spiro atoms. The molecule has 2 heterocycles. The number of nitrogens with zero attached hydrogens (tertiary/aromatic N) is 2. The van der Waals surface area contributed by atoms with Gasteiger partial charge in [0.1, 0.15) is 0 Å². The number of hydrogen-bond donors (Lipinski definition) is 2. The third kappa shape index (κ3) is 2.56.